The highest BCUT2D eigenvalue weighted by Crippen LogP contribution is 2.30. The number of nitrogens with zero attached hydrogens (tertiary/aromatic N) is 1. The van der Waals surface area contributed by atoms with E-state index < -0.39 is 10.8 Å². The molecule has 0 spiro atoms. The van der Waals surface area contributed by atoms with E-state index in [1.807, 2.05) is 0 Å². The summed E-state index contributed by atoms with van der Waals surface area (Å²) in [7, 11) is 0. The third-order valence-electron chi connectivity index (χ3n) is 2.61. The van der Waals surface area contributed by atoms with Crippen molar-refractivity contribution >= 4 is 52.1 Å². The molecule has 0 aliphatic carbocycles. The number of non-ortho nitro benzene ring substituents is 1. The van der Waals surface area contributed by atoms with E-state index in [1.54, 1.807) is 18.2 Å². The summed E-state index contributed by atoms with van der Waals surface area (Å²) in [6.45, 7) is 0. The molecule has 0 aromatic heterocycles. The Kier molecular flexibility index (Phi) is 4.67. The number of halogens is 3. The van der Waals surface area contributed by atoms with E-state index in [1.165, 1.54) is 12.1 Å². The third kappa shape index (κ3) is 3.44. The summed E-state index contributed by atoms with van der Waals surface area (Å²) in [5.74, 6) is -0.618. The minimum Gasteiger partial charge on any atom is -0.321 e. The number of hydrogen-bond acceptors (Lipinski definition) is 3. The summed E-state index contributed by atoms with van der Waals surface area (Å²) in [5, 5.41) is 13.8. The minimum absolute atomic E-state index is 0.0260. The van der Waals surface area contributed by atoms with Crippen LogP contribution in [0.1, 0.15) is 10.4 Å². The Balaban J connectivity index is 2.34. The lowest BCUT2D eigenvalue weighted by molar-refractivity contribution is -0.384. The maximum absolute atomic E-state index is 12.2. The predicted octanol–water partition coefficient (Wildman–Crippen LogP) is 4.81. The molecule has 0 heterocycles. The van der Waals surface area contributed by atoms with Crippen LogP contribution in [0.3, 0.4) is 0 Å². The Labute approximate surface area is 134 Å². The number of benzene rings is 2. The fourth-order valence-electron chi connectivity index (χ4n) is 1.59. The topological polar surface area (TPSA) is 72.2 Å². The highest BCUT2D eigenvalue weighted by atomic mass is 35.5. The van der Waals surface area contributed by atoms with Gasteiger partial charge in [-0.2, -0.15) is 0 Å². The number of nitro groups is 1. The first kappa shape index (κ1) is 15.6. The molecular formula is C13H7Cl3N2O3. The highest BCUT2D eigenvalue weighted by Gasteiger charge is 2.17. The minimum atomic E-state index is -0.618. The lowest BCUT2D eigenvalue weighted by atomic mass is 10.2. The van der Waals surface area contributed by atoms with Gasteiger partial charge < -0.3 is 5.32 Å². The van der Waals surface area contributed by atoms with Crippen LogP contribution in [0.15, 0.2) is 36.4 Å². The second kappa shape index (κ2) is 6.30. The normalized spacial score (nSPS) is 10.2. The van der Waals surface area contributed by atoms with Crippen LogP contribution >= 0.6 is 34.8 Å². The van der Waals surface area contributed by atoms with E-state index >= 15 is 0 Å². The fraction of sp³-hybridized carbons (Fsp3) is 0. The van der Waals surface area contributed by atoms with Crippen LogP contribution < -0.4 is 5.32 Å². The summed E-state index contributed by atoms with van der Waals surface area (Å²) < 4.78 is 0. The molecule has 0 bridgehead atoms. The van der Waals surface area contributed by atoms with Crippen molar-refractivity contribution in [1.82, 2.24) is 0 Å². The van der Waals surface area contributed by atoms with Crippen LogP contribution in [0.4, 0.5) is 11.4 Å². The van der Waals surface area contributed by atoms with Crippen molar-refractivity contribution in [2.24, 2.45) is 0 Å². The van der Waals surface area contributed by atoms with Gasteiger partial charge in [-0.15, -0.1) is 0 Å². The number of carbonyl (C=O) groups excluding carboxylic acids is 1. The van der Waals surface area contributed by atoms with E-state index in [2.05, 4.69) is 5.32 Å². The summed E-state index contributed by atoms with van der Waals surface area (Å²) in [4.78, 5) is 22.3. The van der Waals surface area contributed by atoms with Crippen molar-refractivity contribution in [2.75, 3.05) is 5.32 Å². The van der Waals surface area contributed by atoms with Gasteiger partial charge in [-0.1, -0.05) is 40.9 Å². The molecule has 2 aromatic rings. The molecule has 0 saturated carbocycles. The Morgan fingerprint density at radius 1 is 1.10 bits per heavy atom. The Morgan fingerprint density at radius 3 is 2.48 bits per heavy atom. The van der Waals surface area contributed by atoms with E-state index in [4.69, 9.17) is 34.8 Å². The first-order valence-electron chi connectivity index (χ1n) is 5.59. The van der Waals surface area contributed by atoms with Gasteiger partial charge in [0.05, 0.1) is 31.2 Å². The summed E-state index contributed by atoms with van der Waals surface area (Å²) in [6.07, 6.45) is 0. The van der Waals surface area contributed by atoms with Crippen LogP contribution in [0.5, 0.6) is 0 Å². The molecule has 0 aliphatic rings. The number of amides is 1. The fourth-order valence-corrected chi connectivity index (χ4v) is 2.14. The Hall–Kier alpha value is -1.82. The molecular weight excluding hydrogens is 339 g/mol. The largest absolute Gasteiger partial charge is 0.321 e. The maximum Gasteiger partial charge on any atom is 0.270 e. The smallest absolute Gasteiger partial charge is 0.270 e. The number of hydrogen-bond donors (Lipinski definition) is 1. The number of anilines is 1. The second-order valence-electron chi connectivity index (χ2n) is 3.98. The predicted molar refractivity (Wildman–Crippen MR) is 82.5 cm³/mol. The summed E-state index contributed by atoms with van der Waals surface area (Å²) in [6, 6.07) is 8.33. The van der Waals surface area contributed by atoms with Crippen molar-refractivity contribution in [3.8, 4) is 0 Å². The van der Waals surface area contributed by atoms with Crippen LogP contribution in [0, 0.1) is 10.1 Å². The lowest BCUT2D eigenvalue weighted by Gasteiger charge is -2.09. The van der Waals surface area contributed by atoms with E-state index in [0.717, 1.165) is 6.07 Å². The number of rotatable bonds is 3. The quantitative estimate of drug-likeness (QED) is 0.641. The molecule has 0 radical (unpaired) electrons. The SMILES string of the molecule is O=C(Nc1cccc(Cl)c1Cl)c1cc([N+](=O)[O-])ccc1Cl. The molecule has 21 heavy (non-hydrogen) atoms. The van der Waals surface area contributed by atoms with Crippen molar-refractivity contribution in [3.63, 3.8) is 0 Å². The standard InChI is InChI=1S/C13H7Cl3N2O3/c14-9-5-4-7(18(20)21)6-8(9)13(19)17-11-3-1-2-10(15)12(11)16/h1-6H,(H,17,19). The van der Waals surface area contributed by atoms with Gasteiger partial charge in [-0.25, -0.2) is 0 Å². The number of nitro benzene ring substituents is 1. The van der Waals surface area contributed by atoms with Crippen molar-refractivity contribution in [1.29, 1.82) is 0 Å². The Morgan fingerprint density at radius 2 is 1.81 bits per heavy atom. The number of carbonyl (C=O) groups is 1. The molecule has 2 aromatic carbocycles. The molecule has 8 heteroatoms. The van der Waals surface area contributed by atoms with E-state index in [9.17, 15) is 14.9 Å². The molecule has 0 saturated heterocycles. The molecule has 1 N–H and O–H groups in total. The monoisotopic (exact) mass is 344 g/mol. The van der Waals surface area contributed by atoms with Crippen molar-refractivity contribution in [3.05, 3.63) is 67.1 Å². The first-order chi connectivity index (χ1) is 9.90. The molecule has 0 atom stereocenters. The van der Waals surface area contributed by atoms with Gasteiger partial charge >= 0.3 is 0 Å². The van der Waals surface area contributed by atoms with Gasteiger partial charge in [0.2, 0.25) is 0 Å². The van der Waals surface area contributed by atoms with Crippen LogP contribution in [-0.2, 0) is 0 Å². The van der Waals surface area contributed by atoms with Gasteiger partial charge in [0.1, 0.15) is 0 Å². The molecule has 2 rings (SSSR count). The second-order valence-corrected chi connectivity index (χ2v) is 5.17. The lowest BCUT2D eigenvalue weighted by Crippen LogP contribution is -2.13. The molecule has 0 unspecified atom stereocenters. The number of nitrogens with one attached hydrogen (secondary N) is 1. The Bertz CT molecular complexity index is 735. The van der Waals surface area contributed by atoms with Gasteiger partial charge in [0.25, 0.3) is 11.6 Å². The van der Waals surface area contributed by atoms with Crippen LogP contribution in [-0.4, -0.2) is 10.8 Å². The molecule has 1 amide bonds. The zero-order chi connectivity index (χ0) is 15.6. The molecule has 5 nitrogen and oxygen atoms in total. The third-order valence-corrected chi connectivity index (χ3v) is 3.75. The summed E-state index contributed by atoms with van der Waals surface area (Å²) in [5.41, 5.74) is 0.0281. The average Bonchev–Trinajstić information content (AvgIpc) is 2.44. The first-order valence-corrected chi connectivity index (χ1v) is 6.73. The van der Waals surface area contributed by atoms with Crippen LogP contribution in [0.2, 0.25) is 15.1 Å². The molecule has 0 fully saturated rings. The maximum atomic E-state index is 12.2. The highest BCUT2D eigenvalue weighted by molar-refractivity contribution is 6.44. The molecule has 108 valence electrons. The zero-order valence-electron chi connectivity index (χ0n) is 10.3. The van der Waals surface area contributed by atoms with Crippen molar-refractivity contribution < 1.29 is 9.72 Å². The van der Waals surface area contributed by atoms with Gasteiger partial charge in [-0.05, 0) is 18.2 Å². The average molecular weight is 346 g/mol. The zero-order valence-corrected chi connectivity index (χ0v) is 12.5. The molecule has 0 aliphatic heterocycles. The van der Waals surface area contributed by atoms with Gasteiger partial charge in [-0.3, -0.25) is 14.9 Å². The van der Waals surface area contributed by atoms with Crippen molar-refractivity contribution in [2.45, 2.75) is 0 Å². The van der Waals surface area contributed by atoms with E-state index in [0.29, 0.717) is 0 Å². The van der Waals surface area contributed by atoms with Crippen LogP contribution in [0.25, 0.3) is 0 Å². The van der Waals surface area contributed by atoms with E-state index in [-0.39, 0.29) is 32.0 Å². The summed E-state index contributed by atoms with van der Waals surface area (Å²) >= 11 is 17.7. The van der Waals surface area contributed by atoms with Gasteiger partial charge in [0, 0.05) is 12.1 Å². The van der Waals surface area contributed by atoms with Gasteiger partial charge in [0.15, 0.2) is 0 Å².